The van der Waals surface area contributed by atoms with Gasteiger partial charge < -0.3 is 9.32 Å². The van der Waals surface area contributed by atoms with E-state index in [2.05, 4.69) is 201 Å². The zero-order chi connectivity index (χ0) is 37.3. The van der Waals surface area contributed by atoms with E-state index in [-0.39, 0.29) is 0 Å². The summed E-state index contributed by atoms with van der Waals surface area (Å²) in [5.41, 5.74) is 12.6. The van der Waals surface area contributed by atoms with Crippen molar-refractivity contribution >= 4 is 82.1 Å². The van der Waals surface area contributed by atoms with Gasteiger partial charge in [-0.1, -0.05) is 152 Å². The topological polar surface area (TPSA) is 16.4 Å². The molecule has 0 aliphatic rings. The lowest BCUT2D eigenvalue weighted by atomic mass is 9.85. The van der Waals surface area contributed by atoms with Crippen molar-refractivity contribution in [2.75, 3.05) is 4.90 Å². The maximum Gasteiger partial charge on any atom is 0.136 e. The van der Waals surface area contributed by atoms with Gasteiger partial charge in [0.1, 0.15) is 11.2 Å². The van der Waals surface area contributed by atoms with Crippen LogP contribution < -0.4 is 4.90 Å². The molecule has 10 aromatic carbocycles. The van der Waals surface area contributed by atoms with E-state index in [9.17, 15) is 0 Å². The van der Waals surface area contributed by atoms with Gasteiger partial charge >= 0.3 is 0 Å². The fourth-order valence-corrected chi connectivity index (χ4v) is 9.16. The number of benzene rings is 10. The third-order valence-electron chi connectivity index (χ3n) is 11.7. The molecular weight excluding hydrogens is 679 g/mol. The molecule has 0 spiro atoms. The van der Waals surface area contributed by atoms with Crippen LogP contribution >= 0.6 is 0 Å². The summed E-state index contributed by atoms with van der Waals surface area (Å²) in [6, 6.07) is 68.5. The van der Waals surface area contributed by atoms with E-state index in [0.29, 0.717) is 0 Å². The Balaban J connectivity index is 1.14. The van der Waals surface area contributed by atoms with Crippen molar-refractivity contribution in [1.82, 2.24) is 0 Å². The molecule has 56 heavy (non-hydrogen) atoms. The lowest BCUT2D eigenvalue weighted by Gasteiger charge is -2.29. The fraction of sp³-hybridized carbons (Fsp3) is 0.0370. The molecule has 0 amide bonds. The van der Waals surface area contributed by atoms with Crippen molar-refractivity contribution in [2.24, 2.45) is 0 Å². The third-order valence-corrected chi connectivity index (χ3v) is 11.7. The Bertz CT molecular complexity index is 3190. The predicted molar refractivity (Wildman–Crippen MR) is 239 cm³/mol. The van der Waals surface area contributed by atoms with Crippen LogP contribution in [-0.4, -0.2) is 0 Å². The minimum Gasteiger partial charge on any atom is -0.456 e. The minimum absolute atomic E-state index is 0.906. The molecule has 11 rings (SSSR count). The van der Waals surface area contributed by atoms with Crippen molar-refractivity contribution in [1.29, 1.82) is 0 Å². The molecule has 2 heteroatoms. The summed E-state index contributed by atoms with van der Waals surface area (Å²) in [6.07, 6.45) is 0. The highest BCUT2D eigenvalue weighted by atomic mass is 16.3. The second-order valence-corrected chi connectivity index (χ2v) is 14.9. The Morgan fingerprint density at radius 1 is 0.339 bits per heavy atom. The lowest BCUT2D eigenvalue weighted by molar-refractivity contribution is 0.669. The first-order valence-electron chi connectivity index (χ1n) is 19.4. The summed E-state index contributed by atoms with van der Waals surface area (Å²) in [5.74, 6) is 0. The zero-order valence-electron chi connectivity index (χ0n) is 31.3. The van der Waals surface area contributed by atoms with Crippen LogP contribution in [0, 0.1) is 13.8 Å². The first-order valence-corrected chi connectivity index (χ1v) is 19.4. The summed E-state index contributed by atoms with van der Waals surface area (Å²) < 4.78 is 6.38. The molecule has 1 heterocycles. The normalized spacial score (nSPS) is 11.8. The first-order chi connectivity index (χ1) is 27.6. The Kier molecular flexibility index (Phi) is 7.33. The molecule has 2 nitrogen and oxygen atoms in total. The monoisotopic (exact) mass is 715 g/mol. The summed E-state index contributed by atoms with van der Waals surface area (Å²) >= 11 is 0. The number of para-hydroxylation sites is 1. The first kappa shape index (κ1) is 32.3. The molecule has 0 bridgehead atoms. The smallest absolute Gasteiger partial charge is 0.136 e. The van der Waals surface area contributed by atoms with E-state index in [0.717, 1.165) is 39.0 Å². The highest BCUT2D eigenvalue weighted by Crippen LogP contribution is 2.48. The Morgan fingerprint density at radius 2 is 0.786 bits per heavy atom. The Labute approximate surface area is 325 Å². The number of hydrogen-bond acceptors (Lipinski definition) is 2. The summed E-state index contributed by atoms with van der Waals surface area (Å²) in [5, 5.41) is 12.2. The van der Waals surface area contributed by atoms with Gasteiger partial charge in [-0.15, -0.1) is 0 Å². The van der Waals surface area contributed by atoms with Crippen molar-refractivity contribution < 1.29 is 4.42 Å². The quantitative estimate of drug-likeness (QED) is 0.165. The van der Waals surface area contributed by atoms with E-state index in [4.69, 9.17) is 4.42 Å². The van der Waals surface area contributed by atoms with E-state index < -0.39 is 0 Å². The highest BCUT2D eigenvalue weighted by molar-refractivity contribution is 6.25. The summed E-state index contributed by atoms with van der Waals surface area (Å²) in [4.78, 5) is 2.45. The molecule has 0 fully saturated rings. The van der Waals surface area contributed by atoms with Crippen LogP contribution in [0.5, 0.6) is 0 Å². The van der Waals surface area contributed by atoms with E-state index in [1.807, 2.05) is 6.07 Å². The van der Waals surface area contributed by atoms with Crippen LogP contribution in [-0.2, 0) is 0 Å². The van der Waals surface area contributed by atoms with Crippen molar-refractivity contribution in [2.45, 2.75) is 13.8 Å². The zero-order valence-corrected chi connectivity index (χ0v) is 31.3. The Hall–Kier alpha value is -7.16. The molecule has 0 N–H and O–H groups in total. The number of fused-ring (bicyclic) bond motifs is 7. The van der Waals surface area contributed by atoms with E-state index in [1.54, 1.807) is 0 Å². The molecule has 264 valence electrons. The number of furan rings is 1. The molecule has 0 saturated heterocycles. The van der Waals surface area contributed by atoms with Crippen LogP contribution in [0.15, 0.2) is 192 Å². The predicted octanol–water partition coefficient (Wildman–Crippen LogP) is 15.6. The van der Waals surface area contributed by atoms with Crippen LogP contribution in [0.25, 0.3) is 87.3 Å². The molecule has 0 aliphatic carbocycles. The van der Waals surface area contributed by atoms with Gasteiger partial charge in [-0.25, -0.2) is 0 Å². The molecule has 0 atom stereocenters. The van der Waals surface area contributed by atoms with Crippen LogP contribution in [0.2, 0.25) is 0 Å². The SMILES string of the molecule is Cc1ccc(N(c2ccc(-c3c4ccccc4c(-c4cccc5oc6ccccc6c45)c4ccccc34)cc2)c2ccc(C)c3ccccc23)c2ccccc12. The van der Waals surface area contributed by atoms with Crippen LogP contribution in [0.1, 0.15) is 11.1 Å². The number of anilines is 3. The maximum absolute atomic E-state index is 6.38. The number of aryl methyl sites for hydroxylation is 2. The largest absolute Gasteiger partial charge is 0.456 e. The van der Waals surface area contributed by atoms with Crippen molar-refractivity contribution in [3.63, 3.8) is 0 Å². The van der Waals surface area contributed by atoms with Crippen LogP contribution in [0.4, 0.5) is 17.1 Å². The van der Waals surface area contributed by atoms with Gasteiger partial charge in [0.15, 0.2) is 0 Å². The molecule has 0 radical (unpaired) electrons. The van der Waals surface area contributed by atoms with E-state index >= 15 is 0 Å². The minimum atomic E-state index is 0.906. The van der Waals surface area contributed by atoms with Crippen molar-refractivity contribution in [3.8, 4) is 22.3 Å². The van der Waals surface area contributed by atoms with Gasteiger partial charge in [-0.3, -0.25) is 0 Å². The third kappa shape index (κ3) is 4.89. The summed E-state index contributed by atoms with van der Waals surface area (Å²) in [6.45, 7) is 4.40. The van der Waals surface area contributed by atoms with Gasteiger partial charge in [0, 0.05) is 27.2 Å². The van der Waals surface area contributed by atoms with Gasteiger partial charge in [0.25, 0.3) is 0 Å². The van der Waals surface area contributed by atoms with Crippen molar-refractivity contribution in [3.05, 3.63) is 199 Å². The molecule has 0 aliphatic heterocycles. The molecule has 0 saturated carbocycles. The van der Waals surface area contributed by atoms with Gasteiger partial charge in [0.2, 0.25) is 0 Å². The van der Waals surface area contributed by atoms with Gasteiger partial charge in [-0.05, 0) is 116 Å². The van der Waals surface area contributed by atoms with Crippen LogP contribution in [0.3, 0.4) is 0 Å². The highest BCUT2D eigenvalue weighted by Gasteiger charge is 2.22. The lowest BCUT2D eigenvalue weighted by Crippen LogP contribution is -2.11. The molecule has 11 aromatic rings. The average Bonchev–Trinajstić information content (AvgIpc) is 3.64. The number of hydrogen-bond donors (Lipinski definition) is 0. The average molecular weight is 716 g/mol. The standard InChI is InChI=1S/C54H37NO/c1-34-26-32-48(40-16-5-3-14-38(34)40)55(49-33-27-35(2)39-15-4-6-17-41(39)49)37-30-28-36(29-31-37)52-42-18-7-9-20-44(42)53(45-21-10-8-19-43(45)52)47-23-13-25-51-54(47)46-22-11-12-24-50(46)56-51/h3-33H,1-2H3. The fourth-order valence-electron chi connectivity index (χ4n) is 9.16. The summed E-state index contributed by atoms with van der Waals surface area (Å²) in [7, 11) is 0. The maximum atomic E-state index is 6.38. The molecule has 1 aromatic heterocycles. The molecule has 0 unspecified atom stereocenters. The number of nitrogens with zero attached hydrogens (tertiary/aromatic N) is 1. The van der Waals surface area contributed by atoms with E-state index in [1.165, 1.54) is 76.5 Å². The second kappa shape index (κ2) is 12.7. The van der Waals surface area contributed by atoms with Gasteiger partial charge in [-0.2, -0.15) is 0 Å². The second-order valence-electron chi connectivity index (χ2n) is 14.9. The van der Waals surface area contributed by atoms with Gasteiger partial charge in [0.05, 0.1) is 11.4 Å². The number of rotatable bonds is 5. The molecular formula is C54H37NO. The Morgan fingerprint density at radius 3 is 1.34 bits per heavy atom.